The maximum atomic E-state index is 5.83. The maximum Gasteiger partial charge on any atom is 0.119 e. The van der Waals surface area contributed by atoms with Crippen molar-refractivity contribution in [2.75, 3.05) is 115 Å². The smallest absolute Gasteiger partial charge is 0.119 e. The molecule has 0 aliphatic carbocycles. The van der Waals surface area contributed by atoms with Gasteiger partial charge < -0.3 is 86.2 Å². The van der Waals surface area contributed by atoms with E-state index in [1.165, 1.54) is 0 Å². The molecule has 0 aliphatic rings. The Hall–Kier alpha value is -18.4. The molecule has 0 heterocycles. The topological polar surface area (TPSA) is 130 Å². The summed E-state index contributed by atoms with van der Waals surface area (Å²) in [6.07, 6.45) is 0. The summed E-state index contributed by atoms with van der Waals surface area (Å²) in [7, 11) is 20.3. The zero-order valence-corrected chi connectivity index (χ0v) is 82.2. The van der Waals surface area contributed by atoms with E-state index in [9.17, 15) is 0 Å². The van der Waals surface area contributed by atoms with Gasteiger partial charge in [0.05, 0.1) is 85.3 Å². The van der Waals surface area contributed by atoms with Crippen LogP contribution in [-0.2, 0) is 0 Å². The predicted octanol–water partition coefficient (Wildman–Crippen LogP) is 32.6. The Morgan fingerprint density at radius 3 is 0.215 bits per heavy atom. The summed E-state index contributed by atoms with van der Waals surface area (Å²) >= 11 is 0. The van der Waals surface area contributed by atoms with Crippen LogP contribution < -0.4 is 86.2 Å². The minimum atomic E-state index is 0.728. The maximum absolute atomic E-state index is 5.83. The fraction of sp³-hybridized carbons (Fsp3) is 0.0952. The molecular weight excluding hydrogens is 1790 g/mol. The Bertz CT molecular complexity index is 6030. The largest absolute Gasteiger partial charge is 0.497 e. The third kappa shape index (κ3) is 19.9. The summed E-state index contributed by atoms with van der Waals surface area (Å²) < 4.78 is 69.9. The van der Waals surface area contributed by atoms with Crippen molar-refractivity contribution in [1.29, 1.82) is 0 Å². The van der Waals surface area contributed by atoms with Crippen molar-refractivity contribution >= 4 is 102 Å². The molecule has 19 aromatic carbocycles. The quantitative estimate of drug-likeness (QED) is 0.0369. The fourth-order valence-corrected chi connectivity index (χ4v) is 18.6. The third-order valence-corrected chi connectivity index (χ3v) is 26.0. The zero-order valence-electron chi connectivity index (χ0n) is 82.2. The van der Waals surface area contributed by atoms with Gasteiger partial charge in [-0.2, -0.15) is 0 Å². The van der Waals surface area contributed by atoms with E-state index < -0.39 is 0 Å². The molecule has 18 nitrogen and oxygen atoms in total. The first kappa shape index (κ1) is 94.5. The van der Waals surface area contributed by atoms with Gasteiger partial charge in [-0.1, -0.05) is 72.8 Å². The molecular formula is C126H108N6O12. The van der Waals surface area contributed by atoms with E-state index in [0.717, 1.165) is 238 Å². The molecule has 0 saturated heterocycles. The van der Waals surface area contributed by atoms with Gasteiger partial charge in [-0.3, -0.25) is 0 Å². The normalized spacial score (nSPS) is 10.9. The minimum Gasteiger partial charge on any atom is -0.497 e. The van der Waals surface area contributed by atoms with Gasteiger partial charge in [0, 0.05) is 102 Å². The van der Waals surface area contributed by atoms with Crippen LogP contribution in [-0.4, -0.2) is 85.3 Å². The molecule has 144 heavy (non-hydrogen) atoms. The van der Waals surface area contributed by atoms with Crippen LogP contribution in [0.3, 0.4) is 0 Å². The summed E-state index contributed by atoms with van der Waals surface area (Å²) in [5.74, 6) is 8.74. The summed E-state index contributed by atoms with van der Waals surface area (Å²) in [6.45, 7) is 0. The number of rotatable bonds is 36. The van der Waals surface area contributed by atoms with Crippen LogP contribution >= 0.6 is 0 Å². The van der Waals surface area contributed by atoms with Crippen molar-refractivity contribution in [3.63, 3.8) is 0 Å². The van der Waals surface area contributed by atoms with E-state index >= 15 is 0 Å². The molecule has 0 N–H and O–H groups in total. The molecule has 0 atom stereocenters. The molecule has 19 aromatic rings. The van der Waals surface area contributed by atoms with Crippen LogP contribution in [0.2, 0.25) is 0 Å². The molecule has 0 radical (unpaired) electrons. The molecule has 0 spiro atoms. The summed E-state index contributed by atoms with van der Waals surface area (Å²) in [6, 6.07) is 152. The van der Waals surface area contributed by atoms with Crippen molar-refractivity contribution in [3.05, 3.63) is 437 Å². The first-order valence-corrected chi connectivity index (χ1v) is 47.2. The lowest BCUT2D eigenvalue weighted by molar-refractivity contribution is 0.414. The second kappa shape index (κ2) is 43.3. The predicted molar refractivity (Wildman–Crippen MR) is 586 cm³/mol. The number of methoxy groups -OCH3 is 12. The van der Waals surface area contributed by atoms with Crippen molar-refractivity contribution in [2.24, 2.45) is 0 Å². The van der Waals surface area contributed by atoms with Gasteiger partial charge in [-0.05, 0) is 431 Å². The second-order valence-electron chi connectivity index (χ2n) is 33.9. The van der Waals surface area contributed by atoms with E-state index in [1.807, 2.05) is 146 Å². The number of nitrogens with zero attached hydrogens (tertiary/aromatic N) is 6. The minimum absolute atomic E-state index is 0.728. The Morgan fingerprint density at radius 1 is 0.0903 bits per heavy atom. The monoisotopic (exact) mass is 1900 g/mol. The van der Waals surface area contributed by atoms with Gasteiger partial charge in [0.2, 0.25) is 0 Å². The van der Waals surface area contributed by atoms with Crippen LogP contribution in [0, 0.1) is 0 Å². The Kier molecular flexibility index (Phi) is 28.4. The number of hydrogen-bond donors (Lipinski definition) is 0. The SMILES string of the molecule is COc1ccc(N(c2ccc(OC)cc2)c2ccc(-c3c(-c4ccc(N(c5ccc(OC)cc5)c5ccc(OC)cc5)cc4)c(-c4ccc(N(c5ccc(OC)cc5)c5ccc(OC)cc5)cc4)c(-c4ccc(N(c5ccc(OC)cc5)c5ccc(OC)cc5)cc4)c(-c4ccc(N(c5ccc(OC)cc5)c5ccc(OC)cc5)cc4)c3-c3ccc(N(c4ccc(OC)cc4)c4ccc(OC)cc4)cc3)cc2)cc1. The highest BCUT2D eigenvalue weighted by molar-refractivity contribution is 6.16. The van der Waals surface area contributed by atoms with Gasteiger partial charge in [0.1, 0.15) is 69.0 Å². The van der Waals surface area contributed by atoms with E-state index in [-0.39, 0.29) is 0 Å². The lowest BCUT2D eigenvalue weighted by Crippen LogP contribution is -2.11. The summed E-state index contributed by atoms with van der Waals surface area (Å²) in [4.78, 5) is 13.6. The fourth-order valence-electron chi connectivity index (χ4n) is 18.6. The van der Waals surface area contributed by atoms with Crippen LogP contribution in [0.15, 0.2) is 437 Å². The highest BCUT2D eigenvalue weighted by Crippen LogP contribution is 2.59. The molecule has 0 amide bonds. The molecule has 0 bridgehead atoms. The Balaban J connectivity index is 0.973. The first-order chi connectivity index (χ1) is 70.8. The average molecular weight is 1900 g/mol. The van der Waals surface area contributed by atoms with E-state index in [4.69, 9.17) is 56.8 Å². The van der Waals surface area contributed by atoms with Gasteiger partial charge in [-0.25, -0.2) is 0 Å². The Morgan fingerprint density at radius 2 is 0.153 bits per heavy atom. The average Bonchev–Trinajstić information content (AvgIpc) is 0.708. The third-order valence-electron chi connectivity index (χ3n) is 26.0. The molecule has 19 rings (SSSR count). The lowest BCUT2D eigenvalue weighted by Gasteiger charge is -2.31. The van der Waals surface area contributed by atoms with E-state index in [2.05, 4.69) is 321 Å². The van der Waals surface area contributed by atoms with Gasteiger partial charge in [0.25, 0.3) is 0 Å². The number of anilines is 18. The summed E-state index contributed by atoms with van der Waals surface area (Å²) in [5.41, 5.74) is 27.2. The highest BCUT2D eigenvalue weighted by atomic mass is 16.5. The number of benzene rings is 19. The molecule has 0 aromatic heterocycles. The molecule has 0 aliphatic heterocycles. The van der Waals surface area contributed by atoms with Crippen molar-refractivity contribution in [1.82, 2.24) is 0 Å². The second-order valence-corrected chi connectivity index (χ2v) is 33.9. The van der Waals surface area contributed by atoms with E-state index in [0.29, 0.717) is 0 Å². The van der Waals surface area contributed by atoms with Crippen LogP contribution in [0.25, 0.3) is 66.8 Å². The van der Waals surface area contributed by atoms with Crippen LogP contribution in [0.5, 0.6) is 69.0 Å². The highest BCUT2D eigenvalue weighted by Gasteiger charge is 2.33. The molecule has 0 saturated carbocycles. The molecule has 0 unspecified atom stereocenters. The number of hydrogen-bond acceptors (Lipinski definition) is 18. The first-order valence-electron chi connectivity index (χ1n) is 47.2. The zero-order chi connectivity index (χ0) is 99.1. The summed E-state index contributed by atoms with van der Waals surface area (Å²) in [5, 5.41) is 0. The molecule has 714 valence electrons. The lowest BCUT2D eigenvalue weighted by atomic mass is 9.74. The van der Waals surface area contributed by atoms with Gasteiger partial charge in [0.15, 0.2) is 0 Å². The standard InChI is InChI=1S/C126H108N6O12/c1-133-109-61-37-97(38-62-109)127(98-39-63-110(134-2)64-40-98)91-25-13-85(14-26-91)121-122(86-15-27-92(28-16-86)128(99-41-65-111(135-3)66-42-99)100-43-67-112(136-4)68-44-100)124(88-19-31-94(32-20-88)130(103-49-73-115(139-7)74-50-103)104-51-75-116(140-8)76-52-104)126(90-23-35-96(36-24-90)132(107-57-81-119(143-11)82-58-107)108-59-83-120(144-12)84-60-108)125(89-21-33-95(34-22-89)131(105-53-77-117(141-9)78-54-105)106-55-79-118(142-10)80-56-106)123(121)87-17-29-93(30-18-87)129(101-45-69-113(137-5)70-46-101)102-47-71-114(138-6)72-48-102/h13-84H,1-12H3. The molecule has 0 fully saturated rings. The Labute approximate surface area is 841 Å². The van der Waals surface area contributed by atoms with Crippen LogP contribution in [0.1, 0.15) is 0 Å². The van der Waals surface area contributed by atoms with Crippen molar-refractivity contribution < 1.29 is 56.8 Å². The van der Waals surface area contributed by atoms with Crippen molar-refractivity contribution in [2.45, 2.75) is 0 Å². The van der Waals surface area contributed by atoms with Crippen molar-refractivity contribution in [3.8, 4) is 136 Å². The van der Waals surface area contributed by atoms with E-state index in [1.54, 1.807) is 85.3 Å². The van der Waals surface area contributed by atoms with Gasteiger partial charge in [-0.15, -0.1) is 0 Å². The van der Waals surface area contributed by atoms with Gasteiger partial charge >= 0.3 is 0 Å². The number of ether oxygens (including phenoxy) is 12. The molecule has 18 heteroatoms. The van der Waals surface area contributed by atoms with Crippen LogP contribution in [0.4, 0.5) is 102 Å².